The zero-order valence-corrected chi connectivity index (χ0v) is 13.5. The van der Waals surface area contributed by atoms with E-state index in [0.29, 0.717) is 6.07 Å². The Morgan fingerprint density at radius 3 is 2.72 bits per heavy atom. The van der Waals surface area contributed by atoms with Gasteiger partial charge in [-0.25, -0.2) is 18.6 Å². The summed E-state index contributed by atoms with van der Waals surface area (Å²) in [4.78, 5) is 16.2. The Morgan fingerprint density at radius 2 is 2.00 bits per heavy atom. The molecule has 0 aliphatic heterocycles. The third-order valence-electron chi connectivity index (χ3n) is 3.70. The van der Waals surface area contributed by atoms with Crippen LogP contribution in [0.3, 0.4) is 0 Å². The molecule has 0 spiro atoms. The molecule has 0 aliphatic rings. The third-order valence-corrected chi connectivity index (χ3v) is 3.70. The van der Waals surface area contributed by atoms with Crippen molar-refractivity contribution in [2.24, 2.45) is 0 Å². The number of nitrogens with zero attached hydrogens (tertiary/aromatic N) is 2. The van der Waals surface area contributed by atoms with Gasteiger partial charge in [0, 0.05) is 25.0 Å². The van der Waals surface area contributed by atoms with Gasteiger partial charge in [0.25, 0.3) is 0 Å². The summed E-state index contributed by atoms with van der Waals surface area (Å²) in [5, 5.41) is 5.03. The highest BCUT2D eigenvalue weighted by Crippen LogP contribution is 2.17. The zero-order valence-electron chi connectivity index (χ0n) is 13.5. The number of nitrogens with one attached hydrogen (secondary N) is 2. The minimum atomic E-state index is -0.829. The van der Waals surface area contributed by atoms with E-state index >= 15 is 0 Å². The number of halogens is 2. The van der Waals surface area contributed by atoms with E-state index in [1.165, 1.54) is 6.07 Å². The standard InChI is InChI=1S/C18H16F2N4O/c1-12-21-8-9-24(12)17-5-3-2-4-13(17)11-22-18(25)23-16-7-6-14(19)10-15(16)20/h2-10H,11H2,1H3,(H2,22,23,25). The van der Waals surface area contributed by atoms with Crippen molar-refractivity contribution in [2.45, 2.75) is 13.5 Å². The molecule has 0 atom stereocenters. The molecule has 0 radical (unpaired) electrons. The number of imidazole rings is 1. The predicted octanol–water partition coefficient (Wildman–Crippen LogP) is 3.78. The van der Waals surface area contributed by atoms with Gasteiger partial charge in [-0.2, -0.15) is 0 Å². The van der Waals surface area contributed by atoms with Crippen LogP contribution in [0.1, 0.15) is 11.4 Å². The van der Waals surface area contributed by atoms with Crippen LogP contribution in [-0.2, 0) is 6.54 Å². The first kappa shape index (κ1) is 16.6. The fraction of sp³-hybridized carbons (Fsp3) is 0.111. The first-order valence-electron chi connectivity index (χ1n) is 7.63. The topological polar surface area (TPSA) is 59.0 Å². The van der Waals surface area contributed by atoms with Crippen LogP contribution in [0.2, 0.25) is 0 Å². The Bertz CT molecular complexity index is 908. The number of urea groups is 1. The van der Waals surface area contributed by atoms with E-state index in [0.717, 1.165) is 23.1 Å². The lowest BCUT2D eigenvalue weighted by Gasteiger charge is -2.13. The second-order valence-corrected chi connectivity index (χ2v) is 5.41. The van der Waals surface area contributed by atoms with Gasteiger partial charge in [-0.05, 0) is 30.7 Å². The first-order valence-corrected chi connectivity index (χ1v) is 7.63. The highest BCUT2D eigenvalue weighted by molar-refractivity contribution is 5.89. The summed E-state index contributed by atoms with van der Waals surface area (Å²) in [6, 6.07) is 9.95. The van der Waals surface area contributed by atoms with E-state index in [-0.39, 0.29) is 12.2 Å². The maximum absolute atomic E-state index is 13.6. The molecular formula is C18H16F2N4O. The van der Waals surface area contributed by atoms with Gasteiger partial charge in [0.1, 0.15) is 17.5 Å². The van der Waals surface area contributed by atoms with Crippen LogP contribution in [0.5, 0.6) is 0 Å². The Morgan fingerprint density at radius 1 is 1.20 bits per heavy atom. The van der Waals surface area contributed by atoms with Gasteiger partial charge >= 0.3 is 6.03 Å². The number of hydrogen-bond acceptors (Lipinski definition) is 2. The van der Waals surface area contributed by atoms with Crippen molar-refractivity contribution >= 4 is 11.7 Å². The van der Waals surface area contributed by atoms with Crippen molar-refractivity contribution in [3.05, 3.63) is 77.9 Å². The Hall–Kier alpha value is -3.22. The Balaban J connectivity index is 1.70. The van der Waals surface area contributed by atoms with Crippen molar-refractivity contribution in [3.63, 3.8) is 0 Å². The third kappa shape index (κ3) is 3.82. The van der Waals surface area contributed by atoms with Gasteiger partial charge in [0.15, 0.2) is 0 Å². The van der Waals surface area contributed by atoms with Gasteiger partial charge in [-0.1, -0.05) is 18.2 Å². The molecule has 1 heterocycles. The number of rotatable bonds is 4. The number of carbonyl (C=O) groups excluding carboxylic acids is 1. The van der Waals surface area contributed by atoms with Crippen LogP contribution < -0.4 is 10.6 Å². The summed E-state index contributed by atoms with van der Waals surface area (Å²) in [6.45, 7) is 2.12. The molecule has 1 aromatic heterocycles. The second kappa shape index (κ2) is 7.12. The fourth-order valence-corrected chi connectivity index (χ4v) is 2.46. The zero-order chi connectivity index (χ0) is 17.8. The molecule has 2 aromatic carbocycles. The van der Waals surface area contributed by atoms with Crippen LogP contribution in [-0.4, -0.2) is 15.6 Å². The van der Waals surface area contributed by atoms with Crippen LogP contribution in [0, 0.1) is 18.6 Å². The lowest BCUT2D eigenvalue weighted by Crippen LogP contribution is -2.29. The summed E-state index contributed by atoms with van der Waals surface area (Å²) >= 11 is 0. The van der Waals surface area contributed by atoms with Gasteiger partial charge in [0.05, 0.1) is 11.4 Å². The number of anilines is 1. The molecule has 25 heavy (non-hydrogen) atoms. The number of benzene rings is 2. The van der Waals surface area contributed by atoms with Gasteiger partial charge < -0.3 is 15.2 Å². The van der Waals surface area contributed by atoms with Crippen molar-refractivity contribution in [1.82, 2.24) is 14.9 Å². The SMILES string of the molecule is Cc1nccn1-c1ccccc1CNC(=O)Nc1ccc(F)cc1F. The molecule has 2 amide bonds. The Labute approximate surface area is 143 Å². The normalized spacial score (nSPS) is 10.5. The molecule has 0 fully saturated rings. The van der Waals surface area contributed by atoms with Crippen molar-refractivity contribution < 1.29 is 13.6 Å². The van der Waals surface area contributed by atoms with Crippen molar-refractivity contribution in [2.75, 3.05) is 5.32 Å². The second-order valence-electron chi connectivity index (χ2n) is 5.41. The van der Waals surface area contributed by atoms with Gasteiger partial charge in [-0.15, -0.1) is 0 Å². The molecule has 7 heteroatoms. The number of amides is 2. The summed E-state index contributed by atoms with van der Waals surface area (Å²) in [5.74, 6) is -0.706. The minimum Gasteiger partial charge on any atom is -0.334 e. The molecular weight excluding hydrogens is 326 g/mol. The highest BCUT2D eigenvalue weighted by atomic mass is 19.1. The number of hydrogen-bond donors (Lipinski definition) is 2. The van der Waals surface area contributed by atoms with E-state index in [9.17, 15) is 13.6 Å². The smallest absolute Gasteiger partial charge is 0.319 e. The monoisotopic (exact) mass is 342 g/mol. The average molecular weight is 342 g/mol. The maximum atomic E-state index is 13.6. The number of aromatic nitrogens is 2. The van der Waals surface area contributed by atoms with Crippen LogP contribution in [0.4, 0.5) is 19.3 Å². The molecule has 0 unspecified atom stereocenters. The van der Waals surface area contributed by atoms with Gasteiger partial charge in [0.2, 0.25) is 0 Å². The van der Waals surface area contributed by atoms with E-state index in [2.05, 4.69) is 15.6 Å². The molecule has 2 N–H and O–H groups in total. The molecule has 3 rings (SSSR count). The van der Waals surface area contributed by atoms with E-state index in [1.54, 1.807) is 6.20 Å². The molecule has 3 aromatic rings. The summed E-state index contributed by atoms with van der Waals surface area (Å²) in [7, 11) is 0. The van der Waals surface area contributed by atoms with Crippen LogP contribution >= 0.6 is 0 Å². The largest absolute Gasteiger partial charge is 0.334 e. The Kier molecular flexibility index (Phi) is 4.74. The van der Waals surface area contributed by atoms with E-state index in [4.69, 9.17) is 0 Å². The number of para-hydroxylation sites is 1. The molecule has 0 saturated heterocycles. The molecule has 0 saturated carbocycles. The summed E-state index contributed by atoms with van der Waals surface area (Å²) < 4.78 is 28.4. The number of aryl methyl sites for hydroxylation is 1. The molecule has 5 nitrogen and oxygen atoms in total. The van der Waals surface area contributed by atoms with Crippen LogP contribution in [0.15, 0.2) is 54.9 Å². The number of carbonyl (C=O) groups is 1. The van der Waals surface area contributed by atoms with Gasteiger partial charge in [-0.3, -0.25) is 0 Å². The quantitative estimate of drug-likeness (QED) is 0.758. The molecule has 128 valence electrons. The van der Waals surface area contributed by atoms with E-state index < -0.39 is 17.7 Å². The summed E-state index contributed by atoms with van der Waals surface area (Å²) in [5.41, 5.74) is 1.68. The minimum absolute atomic E-state index is 0.0855. The summed E-state index contributed by atoms with van der Waals surface area (Å²) in [6.07, 6.45) is 3.53. The molecule has 0 aliphatic carbocycles. The molecule has 0 bridgehead atoms. The predicted molar refractivity (Wildman–Crippen MR) is 90.5 cm³/mol. The highest BCUT2D eigenvalue weighted by Gasteiger charge is 2.10. The maximum Gasteiger partial charge on any atom is 0.319 e. The van der Waals surface area contributed by atoms with E-state index in [1.807, 2.05) is 42.0 Å². The van der Waals surface area contributed by atoms with Crippen molar-refractivity contribution in [3.8, 4) is 5.69 Å². The lowest BCUT2D eigenvalue weighted by atomic mass is 10.1. The average Bonchev–Trinajstić information content (AvgIpc) is 3.02. The van der Waals surface area contributed by atoms with Crippen molar-refractivity contribution in [1.29, 1.82) is 0 Å². The lowest BCUT2D eigenvalue weighted by molar-refractivity contribution is 0.251. The van der Waals surface area contributed by atoms with Crippen LogP contribution in [0.25, 0.3) is 5.69 Å². The first-order chi connectivity index (χ1) is 12.0. The fourth-order valence-electron chi connectivity index (χ4n) is 2.46.